The average Bonchev–Trinajstić information content (AvgIpc) is 2.48. The van der Waals surface area contributed by atoms with Gasteiger partial charge in [0.05, 0.1) is 0 Å². The molecule has 1 N–H and O–H groups in total. The molecule has 0 aliphatic heterocycles. The van der Waals surface area contributed by atoms with Crippen LogP contribution >= 0.6 is 0 Å². The van der Waals surface area contributed by atoms with E-state index in [4.69, 9.17) is 0 Å². The minimum Gasteiger partial charge on any atom is -0.316 e. The molecule has 0 heterocycles. The van der Waals surface area contributed by atoms with Crippen molar-refractivity contribution in [2.45, 2.75) is 57.9 Å². The van der Waals surface area contributed by atoms with Crippen molar-refractivity contribution in [2.75, 3.05) is 7.05 Å². The van der Waals surface area contributed by atoms with E-state index < -0.39 is 0 Å². The molecule has 3 rings (SSSR count). The fraction of sp³-hybridized carbons (Fsp3) is 0.684. The van der Waals surface area contributed by atoms with E-state index in [0.717, 1.165) is 23.8 Å². The summed E-state index contributed by atoms with van der Waals surface area (Å²) in [5.74, 6) is 2.67. The first-order valence-electron chi connectivity index (χ1n) is 8.52. The number of rotatable bonds is 3. The molecule has 2 aliphatic rings. The zero-order chi connectivity index (χ0) is 13.9. The molecule has 2 aliphatic carbocycles. The summed E-state index contributed by atoms with van der Waals surface area (Å²) in [5.41, 5.74) is 3.20. The summed E-state index contributed by atoms with van der Waals surface area (Å²) in [6, 6.07) is 9.79. The molecule has 4 atom stereocenters. The van der Waals surface area contributed by atoms with Crippen molar-refractivity contribution in [1.29, 1.82) is 0 Å². The van der Waals surface area contributed by atoms with Gasteiger partial charge in [-0.25, -0.2) is 0 Å². The van der Waals surface area contributed by atoms with Crippen LogP contribution in [0.25, 0.3) is 0 Å². The van der Waals surface area contributed by atoms with Crippen molar-refractivity contribution >= 4 is 0 Å². The minimum atomic E-state index is 0.728. The van der Waals surface area contributed by atoms with E-state index in [1.54, 1.807) is 11.1 Å². The van der Waals surface area contributed by atoms with Crippen molar-refractivity contribution in [3.8, 4) is 0 Å². The van der Waals surface area contributed by atoms with E-state index in [-0.39, 0.29) is 0 Å². The van der Waals surface area contributed by atoms with Crippen LogP contribution in [0.3, 0.4) is 0 Å². The highest BCUT2D eigenvalue weighted by molar-refractivity contribution is 5.30. The molecular weight excluding hydrogens is 242 g/mol. The van der Waals surface area contributed by atoms with Crippen LogP contribution < -0.4 is 5.32 Å². The number of nitrogens with one attached hydrogen (secondary N) is 1. The van der Waals surface area contributed by atoms with Gasteiger partial charge in [0.1, 0.15) is 0 Å². The second kappa shape index (κ2) is 6.30. The molecule has 1 nitrogen and oxygen atoms in total. The Morgan fingerprint density at radius 2 is 1.85 bits per heavy atom. The summed E-state index contributed by atoms with van der Waals surface area (Å²) in [7, 11) is 2.18. The Morgan fingerprint density at radius 3 is 2.60 bits per heavy atom. The summed E-state index contributed by atoms with van der Waals surface area (Å²) in [6.45, 7) is 2.44. The SMILES string of the molecule is CNC(C1CCc2ccccc2C1)C1CCCC(C)C1. The Labute approximate surface area is 124 Å². The van der Waals surface area contributed by atoms with E-state index in [1.807, 2.05) is 0 Å². The Balaban J connectivity index is 1.71. The van der Waals surface area contributed by atoms with E-state index >= 15 is 0 Å². The quantitative estimate of drug-likeness (QED) is 0.868. The predicted molar refractivity (Wildman–Crippen MR) is 85.9 cm³/mol. The fourth-order valence-corrected chi connectivity index (χ4v) is 4.70. The number of hydrogen-bond donors (Lipinski definition) is 1. The summed E-state index contributed by atoms with van der Waals surface area (Å²) in [5, 5.41) is 3.69. The van der Waals surface area contributed by atoms with Gasteiger partial charge in [0.25, 0.3) is 0 Å². The second-order valence-electron chi connectivity index (χ2n) is 7.12. The van der Waals surface area contributed by atoms with Gasteiger partial charge >= 0.3 is 0 Å². The molecule has 4 unspecified atom stereocenters. The summed E-state index contributed by atoms with van der Waals surface area (Å²) in [6.07, 6.45) is 9.69. The van der Waals surface area contributed by atoms with Crippen LogP contribution in [0, 0.1) is 17.8 Å². The average molecular weight is 271 g/mol. The maximum absolute atomic E-state index is 3.69. The lowest BCUT2D eigenvalue weighted by Crippen LogP contribution is -2.44. The van der Waals surface area contributed by atoms with Crippen molar-refractivity contribution in [3.63, 3.8) is 0 Å². The largest absolute Gasteiger partial charge is 0.316 e. The van der Waals surface area contributed by atoms with Gasteiger partial charge in [-0.1, -0.05) is 44.0 Å². The van der Waals surface area contributed by atoms with Gasteiger partial charge in [-0.3, -0.25) is 0 Å². The van der Waals surface area contributed by atoms with Gasteiger partial charge in [0, 0.05) is 6.04 Å². The molecule has 1 aromatic carbocycles. The molecule has 0 amide bonds. The topological polar surface area (TPSA) is 12.0 Å². The van der Waals surface area contributed by atoms with Crippen LogP contribution in [-0.4, -0.2) is 13.1 Å². The van der Waals surface area contributed by atoms with Crippen LogP contribution in [0.4, 0.5) is 0 Å². The third kappa shape index (κ3) is 2.93. The maximum atomic E-state index is 3.69. The summed E-state index contributed by atoms with van der Waals surface area (Å²) in [4.78, 5) is 0. The molecule has 0 radical (unpaired) electrons. The molecule has 1 fully saturated rings. The van der Waals surface area contributed by atoms with Gasteiger partial charge in [-0.2, -0.15) is 0 Å². The van der Waals surface area contributed by atoms with E-state index in [9.17, 15) is 0 Å². The van der Waals surface area contributed by atoms with Crippen LogP contribution in [-0.2, 0) is 12.8 Å². The zero-order valence-corrected chi connectivity index (χ0v) is 13.1. The van der Waals surface area contributed by atoms with Gasteiger partial charge < -0.3 is 5.32 Å². The lowest BCUT2D eigenvalue weighted by atomic mass is 9.70. The van der Waals surface area contributed by atoms with Gasteiger partial charge in [-0.15, -0.1) is 0 Å². The van der Waals surface area contributed by atoms with Crippen LogP contribution in [0.15, 0.2) is 24.3 Å². The van der Waals surface area contributed by atoms with Gasteiger partial charge in [0.15, 0.2) is 0 Å². The van der Waals surface area contributed by atoms with Crippen molar-refractivity contribution < 1.29 is 0 Å². The van der Waals surface area contributed by atoms with E-state index in [2.05, 4.69) is 43.6 Å². The van der Waals surface area contributed by atoms with Crippen molar-refractivity contribution in [2.24, 2.45) is 17.8 Å². The van der Waals surface area contributed by atoms with Crippen LogP contribution in [0.5, 0.6) is 0 Å². The Hall–Kier alpha value is -0.820. The first kappa shape index (κ1) is 14.1. The lowest BCUT2D eigenvalue weighted by molar-refractivity contribution is 0.173. The molecule has 1 aromatic rings. The maximum Gasteiger partial charge on any atom is 0.0124 e. The van der Waals surface area contributed by atoms with Gasteiger partial charge in [0.2, 0.25) is 0 Å². The number of benzene rings is 1. The highest BCUT2D eigenvalue weighted by Gasteiger charge is 2.33. The monoisotopic (exact) mass is 271 g/mol. The number of hydrogen-bond acceptors (Lipinski definition) is 1. The standard InChI is InChI=1S/C19H29N/c1-14-6-5-9-17(12-14)19(20-2)18-11-10-15-7-3-4-8-16(15)13-18/h3-4,7-8,14,17-20H,5-6,9-13H2,1-2H3. The number of aryl methyl sites for hydroxylation is 1. The predicted octanol–water partition coefficient (Wildman–Crippen LogP) is 4.21. The van der Waals surface area contributed by atoms with Crippen molar-refractivity contribution in [1.82, 2.24) is 5.32 Å². The molecule has 0 saturated heterocycles. The highest BCUT2D eigenvalue weighted by atomic mass is 14.9. The third-order valence-corrected chi connectivity index (χ3v) is 5.71. The Bertz CT molecular complexity index is 439. The van der Waals surface area contributed by atoms with E-state index in [0.29, 0.717) is 0 Å². The van der Waals surface area contributed by atoms with Crippen LogP contribution in [0.2, 0.25) is 0 Å². The first-order valence-corrected chi connectivity index (χ1v) is 8.52. The molecule has 1 saturated carbocycles. The third-order valence-electron chi connectivity index (χ3n) is 5.71. The number of fused-ring (bicyclic) bond motifs is 1. The minimum absolute atomic E-state index is 0.728. The second-order valence-corrected chi connectivity index (χ2v) is 7.12. The molecule has 0 bridgehead atoms. The molecule has 110 valence electrons. The summed E-state index contributed by atoms with van der Waals surface area (Å²) < 4.78 is 0. The Morgan fingerprint density at radius 1 is 1.05 bits per heavy atom. The molecule has 20 heavy (non-hydrogen) atoms. The molecule has 0 spiro atoms. The normalized spacial score (nSPS) is 31.6. The van der Waals surface area contributed by atoms with Crippen molar-refractivity contribution in [3.05, 3.63) is 35.4 Å². The smallest absolute Gasteiger partial charge is 0.0124 e. The lowest BCUT2D eigenvalue weighted by Gasteiger charge is -2.39. The fourth-order valence-electron chi connectivity index (χ4n) is 4.70. The molecule has 1 heteroatoms. The zero-order valence-electron chi connectivity index (χ0n) is 13.1. The highest BCUT2D eigenvalue weighted by Crippen LogP contribution is 2.37. The first-order chi connectivity index (χ1) is 9.78. The van der Waals surface area contributed by atoms with E-state index in [1.165, 1.54) is 44.9 Å². The summed E-state index contributed by atoms with van der Waals surface area (Å²) >= 11 is 0. The Kier molecular flexibility index (Phi) is 4.45. The molecular formula is C19H29N. The van der Waals surface area contributed by atoms with Gasteiger partial charge in [-0.05, 0) is 68.0 Å². The van der Waals surface area contributed by atoms with Crippen LogP contribution in [0.1, 0.15) is 50.2 Å². The molecule has 0 aromatic heterocycles.